The van der Waals surface area contributed by atoms with Gasteiger partial charge in [-0.3, -0.25) is 4.79 Å². The number of halogens is 2. The number of aromatic nitrogens is 2. The first-order chi connectivity index (χ1) is 9.67. The number of carbonyl (C=O) groups excluding carboxylic acids is 1. The predicted octanol–water partition coefficient (Wildman–Crippen LogP) is 3.91. The smallest absolute Gasteiger partial charge is 0.222 e. The molecule has 0 aliphatic heterocycles. The number of amides is 1. The maximum Gasteiger partial charge on any atom is 0.222 e. The van der Waals surface area contributed by atoms with Crippen molar-refractivity contribution in [1.29, 1.82) is 0 Å². The minimum Gasteiger partial charge on any atom is -0.351 e. The summed E-state index contributed by atoms with van der Waals surface area (Å²) in [5, 5.41) is 2.90. The zero-order chi connectivity index (χ0) is 15.8. The van der Waals surface area contributed by atoms with E-state index in [0.29, 0.717) is 27.7 Å². The Labute approximate surface area is 135 Å². The van der Waals surface area contributed by atoms with Gasteiger partial charge in [0.15, 0.2) is 4.77 Å². The lowest BCUT2D eigenvalue weighted by atomic mass is 10.1. The Bertz CT molecular complexity index is 745. The molecule has 21 heavy (non-hydrogen) atoms. The molecule has 114 valence electrons. The lowest BCUT2D eigenvalue weighted by molar-refractivity contribution is -0.122. The number of hydrogen-bond acceptors (Lipinski definition) is 2. The van der Waals surface area contributed by atoms with Gasteiger partial charge in [0.1, 0.15) is 5.82 Å². The highest BCUT2D eigenvalue weighted by atomic mass is 79.9. The quantitative estimate of drug-likeness (QED) is 0.801. The summed E-state index contributed by atoms with van der Waals surface area (Å²) in [6.45, 7) is 6.24. The maximum atomic E-state index is 13.5. The minimum absolute atomic E-state index is 0.0417. The van der Waals surface area contributed by atoms with E-state index in [1.54, 1.807) is 10.6 Å². The number of rotatable bonds is 3. The SMILES string of the molecule is CC(C)(C)NC(=O)CCn1c(=S)[nH]c2cc(F)c(Br)cc21. The molecule has 0 radical (unpaired) electrons. The van der Waals surface area contributed by atoms with E-state index in [9.17, 15) is 9.18 Å². The molecule has 0 fully saturated rings. The molecule has 7 heteroatoms. The molecular weight excluding hydrogens is 357 g/mol. The first-order valence-corrected chi connectivity index (χ1v) is 7.76. The third-order valence-electron chi connectivity index (χ3n) is 2.89. The van der Waals surface area contributed by atoms with E-state index in [1.165, 1.54) is 6.07 Å². The Morgan fingerprint density at radius 1 is 1.48 bits per heavy atom. The molecule has 0 unspecified atom stereocenters. The van der Waals surface area contributed by atoms with Crippen LogP contribution >= 0.6 is 28.1 Å². The predicted molar refractivity (Wildman–Crippen MR) is 87.3 cm³/mol. The lowest BCUT2D eigenvalue weighted by Crippen LogP contribution is -2.40. The number of aryl methyl sites for hydroxylation is 1. The Hall–Kier alpha value is -1.21. The van der Waals surface area contributed by atoms with Crippen LogP contribution in [0.1, 0.15) is 27.2 Å². The number of benzene rings is 1. The Morgan fingerprint density at radius 3 is 2.76 bits per heavy atom. The highest BCUT2D eigenvalue weighted by Crippen LogP contribution is 2.23. The average Bonchev–Trinajstić information content (AvgIpc) is 2.60. The summed E-state index contributed by atoms with van der Waals surface area (Å²) in [7, 11) is 0. The van der Waals surface area contributed by atoms with Crippen LogP contribution in [-0.2, 0) is 11.3 Å². The number of carbonyl (C=O) groups is 1. The van der Waals surface area contributed by atoms with Crippen molar-refractivity contribution in [2.45, 2.75) is 39.3 Å². The number of nitrogens with one attached hydrogen (secondary N) is 2. The molecule has 0 bridgehead atoms. The Morgan fingerprint density at radius 2 is 2.14 bits per heavy atom. The monoisotopic (exact) mass is 373 g/mol. The van der Waals surface area contributed by atoms with Crippen molar-refractivity contribution in [3.8, 4) is 0 Å². The topological polar surface area (TPSA) is 49.8 Å². The summed E-state index contributed by atoms with van der Waals surface area (Å²) in [6.07, 6.45) is 0.313. The number of aromatic amines is 1. The molecule has 1 aromatic heterocycles. The summed E-state index contributed by atoms with van der Waals surface area (Å²) >= 11 is 8.40. The Kier molecular flexibility index (Phi) is 4.53. The molecule has 1 aromatic carbocycles. The van der Waals surface area contributed by atoms with Crippen LogP contribution in [-0.4, -0.2) is 21.0 Å². The van der Waals surface area contributed by atoms with Gasteiger partial charge in [-0.1, -0.05) is 0 Å². The lowest BCUT2D eigenvalue weighted by Gasteiger charge is -2.20. The van der Waals surface area contributed by atoms with Crippen LogP contribution in [0, 0.1) is 10.6 Å². The van der Waals surface area contributed by atoms with Crippen molar-refractivity contribution in [3.63, 3.8) is 0 Å². The molecule has 2 rings (SSSR count). The van der Waals surface area contributed by atoms with Crippen LogP contribution < -0.4 is 5.32 Å². The number of nitrogens with zero attached hydrogens (tertiary/aromatic N) is 1. The number of H-pyrrole nitrogens is 1. The van der Waals surface area contributed by atoms with Crippen molar-refractivity contribution in [2.24, 2.45) is 0 Å². The first-order valence-electron chi connectivity index (χ1n) is 6.56. The first kappa shape index (κ1) is 16.2. The number of imidazole rings is 1. The normalized spacial score (nSPS) is 11.9. The van der Waals surface area contributed by atoms with Crippen LogP contribution in [0.2, 0.25) is 0 Å². The molecule has 0 atom stereocenters. The zero-order valence-electron chi connectivity index (χ0n) is 12.1. The fraction of sp³-hybridized carbons (Fsp3) is 0.429. The van der Waals surface area contributed by atoms with Gasteiger partial charge in [0.2, 0.25) is 5.91 Å². The zero-order valence-corrected chi connectivity index (χ0v) is 14.5. The van der Waals surface area contributed by atoms with E-state index in [1.807, 2.05) is 20.8 Å². The van der Waals surface area contributed by atoms with Gasteiger partial charge in [-0.25, -0.2) is 4.39 Å². The van der Waals surface area contributed by atoms with Crippen molar-refractivity contribution in [1.82, 2.24) is 14.9 Å². The molecule has 2 N–H and O–H groups in total. The molecule has 0 saturated heterocycles. The van der Waals surface area contributed by atoms with Gasteiger partial charge in [-0.2, -0.15) is 0 Å². The number of fused-ring (bicyclic) bond motifs is 1. The second-order valence-corrected chi connectivity index (χ2v) is 7.15. The highest BCUT2D eigenvalue weighted by Gasteiger charge is 2.15. The van der Waals surface area contributed by atoms with E-state index in [0.717, 1.165) is 5.52 Å². The van der Waals surface area contributed by atoms with Gasteiger partial charge in [0, 0.05) is 24.6 Å². The van der Waals surface area contributed by atoms with Gasteiger partial charge in [-0.05, 0) is 55.0 Å². The molecule has 1 heterocycles. The van der Waals surface area contributed by atoms with Crippen molar-refractivity contribution in [3.05, 3.63) is 27.2 Å². The van der Waals surface area contributed by atoms with E-state index in [2.05, 4.69) is 26.2 Å². The van der Waals surface area contributed by atoms with E-state index in [4.69, 9.17) is 12.2 Å². The van der Waals surface area contributed by atoms with Gasteiger partial charge in [-0.15, -0.1) is 0 Å². The van der Waals surface area contributed by atoms with E-state index in [-0.39, 0.29) is 17.3 Å². The molecular formula is C14H17BrFN3OS. The van der Waals surface area contributed by atoms with E-state index < -0.39 is 0 Å². The fourth-order valence-corrected chi connectivity index (χ4v) is 2.70. The summed E-state index contributed by atoms with van der Waals surface area (Å²) in [4.78, 5) is 14.8. The second-order valence-electron chi connectivity index (χ2n) is 5.91. The van der Waals surface area contributed by atoms with Crippen LogP contribution in [0.3, 0.4) is 0 Å². The van der Waals surface area contributed by atoms with Crippen molar-refractivity contribution >= 4 is 45.1 Å². The average molecular weight is 374 g/mol. The molecule has 0 aliphatic carbocycles. The van der Waals surface area contributed by atoms with Gasteiger partial charge in [0.05, 0.1) is 15.5 Å². The molecule has 1 amide bonds. The third kappa shape index (κ3) is 3.91. The van der Waals surface area contributed by atoms with E-state index >= 15 is 0 Å². The molecule has 0 spiro atoms. The van der Waals surface area contributed by atoms with Crippen LogP contribution in [0.25, 0.3) is 11.0 Å². The maximum absolute atomic E-state index is 13.5. The van der Waals surface area contributed by atoms with Gasteiger partial charge < -0.3 is 14.9 Å². The molecule has 0 saturated carbocycles. The second kappa shape index (κ2) is 5.88. The summed E-state index contributed by atoms with van der Waals surface area (Å²) in [6, 6.07) is 3.06. The van der Waals surface area contributed by atoms with Gasteiger partial charge >= 0.3 is 0 Å². The van der Waals surface area contributed by atoms with Crippen molar-refractivity contribution < 1.29 is 9.18 Å². The summed E-state index contributed by atoms with van der Waals surface area (Å²) < 4.78 is 16.2. The van der Waals surface area contributed by atoms with Gasteiger partial charge in [0.25, 0.3) is 0 Å². The molecule has 0 aliphatic rings. The molecule has 4 nitrogen and oxygen atoms in total. The van der Waals surface area contributed by atoms with Crippen molar-refractivity contribution in [2.75, 3.05) is 0 Å². The van der Waals surface area contributed by atoms with Crippen LogP contribution in [0.15, 0.2) is 16.6 Å². The summed E-state index contributed by atoms with van der Waals surface area (Å²) in [5.41, 5.74) is 1.14. The standard InChI is InChI=1S/C14H17BrFN3OS/c1-14(2,3)18-12(20)4-5-19-11-6-8(15)9(16)7-10(11)17-13(19)21/h6-7H,4-5H2,1-3H3,(H,17,21)(H,18,20). The Balaban J connectivity index is 2.23. The fourth-order valence-electron chi connectivity index (χ4n) is 2.07. The summed E-state index contributed by atoms with van der Waals surface area (Å²) in [5.74, 6) is -0.392. The highest BCUT2D eigenvalue weighted by molar-refractivity contribution is 9.10. The van der Waals surface area contributed by atoms with Crippen LogP contribution in [0.4, 0.5) is 4.39 Å². The number of hydrogen-bond donors (Lipinski definition) is 2. The minimum atomic E-state index is -0.351. The van der Waals surface area contributed by atoms with Crippen LogP contribution in [0.5, 0.6) is 0 Å². The largest absolute Gasteiger partial charge is 0.351 e. The third-order valence-corrected chi connectivity index (χ3v) is 3.82. The molecule has 2 aromatic rings.